The Morgan fingerprint density at radius 3 is 2.43 bits per heavy atom. The first-order valence-electron chi connectivity index (χ1n) is 11.9. The zero-order chi connectivity index (χ0) is 27.0. The number of benzene rings is 2. The molecule has 1 amide bonds. The van der Waals surface area contributed by atoms with Crippen LogP contribution in [0.2, 0.25) is 5.02 Å². The van der Waals surface area contributed by atoms with Crippen LogP contribution in [-0.2, 0) is 15.1 Å². The van der Waals surface area contributed by atoms with Crippen molar-refractivity contribution in [2.75, 3.05) is 40.4 Å². The highest BCUT2D eigenvalue weighted by Gasteiger charge is 2.64. The number of likely N-dealkylation sites (tertiary alicyclic amines) is 1. The van der Waals surface area contributed by atoms with Gasteiger partial charge in [-0.05, 0) is 61.1 Å². The third kappa shape index (κ3) is 5.10. The van der Waals surface area contributed by atoms with Gasteiger partial charge in [0.2, 0.25) is 0 Å². The smallest absolute Gasteiger partial charge is 0.430 e. The van der Waals surface area contributed by atoms with Gasteiger partial charge in [-0.3, -0.25) is 4.79 Å². The number of hydrogen-bond donors (Lipinski definition) is 1. The first-order chi connectivity index (χ1) is 17.5. The summed E-state index contributed by atoms with van der Waals surface area (Å²) in [5.74, 6) is -1.19. The molecule has 2 heterocycles. The summed E-state index contributed by atoms with van der Waals surface area (Å²) in [5, 5.41) is 3.42. The van der Waals surface area contributed by atoms with Crippen LogP contribution < -0.4 is 10.1 Å². The number of rotatable bonds is 5. The van der Waals surface area contributed by atoms with E-state index in [2.05, 4.69) is 21.2 Å². The van der Waals surface area contributed by atoms with Crippen molar-refractivity contribution < 1.29 is 31.8 Å². The maximum Gasteiger partial charge on any atom is 0.430 e. The van der Waals surface area contributed by atoms with Gasteiger partial charge in [0.15, 0.2) is 0 Å². The van der Waals surface area contributed by atoms with Crippen LogP contribution in [0.4, 0.5) is 17.6 Å². The molecule has 0 bridgehead atoms. The molecule has 2 aliphatic heterocycles. The fraction of sp³-hybridized carbons (Fsp3) is 0.500. The first-order valence-corrected chi connectivity index (χ1v) is 13.1. The maximum atomic E-state index is 14.6. The van der Waals surface area contributed by atoms with Gasteiger partial charge in [-0.1, -0.05) is 33.6 Å². The van der Waals surface area contributed by atoms with E-state index in [9.17, 15) is 22.4 Å². The Labute approximate surface area is 226 Å². The SMILES string of the molecule is COc1cc(F)ccc1C1CNCCC12CCN(C(=O)C(OC)(c1cc(Cl)cc(Br)c1)C(F)(F)F)CC2. The van der Waals surface area contributed by atoms with Gasteiger partial charge in [-0.15, -0.1) is 0 Å². The number of carbonyl (C=O) groups excluding carboxylic acids is 1. The molecule has 11 heteroatoms. The minimum absolute atomic E-state index is 0.0474. The number of halogens is 6. The van der Waals surface area contributed by atoms with Crippen molar-refractivity contribution in [3.63, 3.8) is 0 Å². The summed E-state index contributed by atoms with van der Waals surface area (Å²) in [7, 11) is 2.37. The van der Waals surface area contributed by atoms with E-state index in [1.54, 1.807) is 6.07 Å². The van der Waals surface area contributed by atoms with Crippen LogP contribution in [0.15, 0.2) is 40.9 Å². The van der Waals surface area contributed by atoms with Crippen molar-refractivity contribution in [2.24, 2.45) is 5.41 Å². The Morgan fingerprint density at radius 1 is 1.14 bits per heavy atom. The molecule has 202 valence electrons. The van der Waals surface area contributed by atoms with Gasteiger partial charge in [0.05, 0.1) is 7.11 Å². The first kappa shape index (κ1) is 28.1. The molecule has 0 saturated carbocycles. The highest BCUT2D eigenvalue weighted by Crippen LogP contribution is 2.52. The number of nitrogens with one attached hydrogen (secondary N) is 1. The van der Waals surface area contributed by atoms with Crippen molar-refractivity contribution in [2.45, 2.75) is 37.0 Å². The van der Waals surface area contributed by atoms with E-state index in [0.717, 1.165) is 31.7 Å². The van der Waals surface area contributed by atoms with Crippen molar-refractivity contribution in [1.82, 2.24) is 10.2 Å². The molecule has 2 aromatic carbocycles. The van der Waals surface area contributed by atoms with Gasteiger partial charge in [0.1, 0.15) is 11.6 Å². The van der Waals surface area contributed by atoms with E-state index in [1.165, 1.54) is 36.3 Å². The predicted molar refractivity (Wildman–Crippen MR) is 135 cm³/mol. The lowest BCUT2D eigenvalue weighted by Gasteiger charge is -2.51. The van der Waals surface area contributed by atoms with Crippen LogP contribution >= 0.6 is 27.5 Å². The van der Waals surface area contributed by atoms with Gasteiger partial charge in [0, 0.05) is 53.8 Å². The average molecular weight is 608 g/mol. The second-order valence-corrected chi connectivity index (χ2v) is 10.9. The molecule has 2 saturated heterocycles. The molecular weight excluding hydrogens is 580 g/mol. The van der Waals surface area contributed by atoms with Crippen LogP contribution in [0.3, 0.4) is 0 Å². The van der Waals surface area contributed by atoms with Crippen molar-refractivity contribution in [1.29, 1.82) is 0 Å². The van der Waals surface area contributed by atoms with E-state index in [1.807, 2.05) is 0 Å². The van der Waals surface area contributed by atoms with Crippen LogP contribution in [0, 0.1) is 11.2 Å². The Kier molecular flexibility index (Phi) is 8.14. The molecule has 5 nitrogen and oxygen atoms in total. The third-order valence-electron chi connectivity index (χ3n) is 7.78. The highest BCUT2D eigenvalue weighted by atomic mass is 79.9. The Morgan fingerprint density at radius 2 is 1.84 bits per heavy atom. The monoisotopic (exact) mass is 606 g/mol. The second-order valence-electron chi connectivity index (χ2n) is 9.59. The number of ether oxygens (including phenoxy) is 2. The summed E-state index contributed by atoms with van der Waals surface area (Å²) in [4.78, 5) is 14.9. The number of piperidine rings is 2. The number of methoxy groups -OCH3 is 2. The minimum atomic E-state index is -5.03. The maximum absolute atomic E-state index is 14.6. The van der Waals surface area contributed by atoms with E-state index >= 15 is 0 Å². The molecule has 37 heavy (non-hydrogen) atoms. The fourth-order valence-electron chi connectivity index (χ4n) is 5.85. The Balaban J connectivity index is 1.64. The van der Waals surface area contributed by atoms with Crippen LogP contribution in [0.25, 0.3) is 0 Å². The lowest BCUT2D eigenvalue weighted by atomic mass is 9.62. The molecule has 2 aromatic rings. The molecule has 0 aliphatic carbocycles. The van der Waals surface area contributed by atoms with Gasteiger partial charge in [-0.25, -0.2) is 4.39 Å². The molecule has 2 aliphatic rings. The molecule has 0 aromatic heterocycles. The summed E-state index contributed by atoms with van der Waals surface area (Å²) in [5.41, 5.74) is -3.01. The zero-order valence-electron chi connectivity index (χ0n) is 20.4. The minimum Gasteiger partial charge on any atom is -0.496 e. The van der Waals surface area contributed by atoms with Gasteiger partial charge in [0.25, 0.3) is 11.5 Å². The molecule has 2 unspecified atom stereocenters. The largest absolute Gasteiger partial charge is 0.496 e. The second kappa shape index (κ2) is 10.7. The van der Waals surface area contributed by atoms with E-state index < -0.39 is 23.5 Å². The topological polar surface area (TPSA) is 50.8 Å². The van der Waals surface area contributed by atoms with Gasteiger partial charge < -0.3 is 19.7 Å². The molecule has 2 fully saturated rings. The third-order valence-corrected chi connectivity index (χ3v) is 8.46. The van der Waals surface area contributed by atoms with Crippen LogP contribution in [-0.4, -0.2) is 57.4 Å². The molecule has 1 N–H and O–H groups in total. The van der Waals surface area contributed by atoms with Crippen molar-refractivity contribution in [3.8, 4) is 5.75 Å². The van der Waals surface area contributed by atoms with Crippen LogP contribution in [0.1, 0.15) is 36.3 Å². The molecule has 4 rings (SSSR count). The fourth-order valence-corrected chi connectivity index (χ4v) is 6.71. The summed E-state index contributed by atoms with van der Waals surface area (Å²) < 4.78 is 68.4. The zero-order valence-corrected chi connectivity index (χ0v) is 22.8. The van der Waals surface area contributed by atoms with Crippen LogP contribution in [0.5, 0.6) is 5.75 Å². The molecule has 2 atom stereocenters. The lowest BCUT2D eigenvalue weighted by molar-refractivity contribution is -0.271. The number of alkyl halides is 3. The summed E-state index contributed by atoms with van der Waals surface area (Å²) in [6.07, 6.45) is -3.28. The van der Waals surface area contributed by atoms with E-state index in [4.69, 9.17) is 21.1 Å². The van der Waals surface area contributed by atoms with E-state index in [-0.39, 0.29) is 35.0 Å². The predicted octanol–water partition coefficient (Wildman–Crippen LogP) is 6.04. The number of amides is 1. The average Bonchev–Trinajstić information content (AvgIpc) is 2.84. The van der Waals surface area contributed by atoms with Gasteiger partial charge >= 0.3 is 6.18 Å². The Bertz CT molecular complexity index is 1140. The van der Waals surface area contributed by atoms with Gasteiger partial charge in [-0.2, -0.15) is 13.2 Å². The summed E-state index contributed by atoms with van der Waals surface area (Å²) >= 11 is 9.21. The highest BCUT2D eigenvalue weighted by molar-refractivity contribution is 9.10. The molecular formula is C26H28BrClF4N2O3. The summed E-state index contributed by atoms with van der Waals surface area (Å²) in [6.45, 7) is 1.62. The van der Waals surface area contributed by atoms with Crippen molar-refractivity contribution in [3.05, 3.63) is 62.8 Å². The molecule has 1 spiro atoms. The molecule has 0 radical (unpaired) electrons. The number of carbonyl (C=O) groups is 1. The number of nitrogens with zero attached hydrogens (tertiary/aromatic N) is 1. The standard InChI is InChI=1S/C26H28BrClF4N2O3/c1-36-22-14-19(29)3-4-20(22)21-15-33-8-5-24(21)6-9-34(10-7-24)23(35)25(37-2,26(30,31)32)16-11-17(27)13-18(28)12-16/h3-4,11-14,21,33H,5-10,15H2,1-2H3. The quantitative estimate of drug-likeness (QED) is 0.421. The number of hydrogen-bond acceptors (Lipinski definition) is 4. The van der Waals surface area contributed by atoms with E-state index in [0.29, 0.717) is 29.6 Å². The van der Waals surface area contributed by atoms with Crippen molar-refractivity contribution >= 4 is 33.4 Å². The lowest BCUT2D eigenvalue weighted by Crippen LogP contribution is -2.59. The summed E-state index contributed by atoms with van der Waals surface area (Å²) in [6, 6.07) is 8.19. The normalized spacial score (nSPS) is 21.5. The Hall–Kier alpha value is -1.88.